The molecule has 1 aromatic rings. The first-order chi connectivity index (χ1) is 9.27. The SMILES string of the molecule is C[C@]1(c2ccc(OC(F)(F)F)cc2)CC2CC2C(N)=N1. The van der Waals surface area contributed by atoms with Crippen LogP contribution in [0.4, 0.5) is 13.2 Å². The number of nitrogens with zero attached hydrogens (tertiary/aromatic N) is 1. The van der Waals surface area contributed by atoms with E-state index in [1.54, 1.807) is 12.1 Å². The molecule has 0 saturated heterocycles. The van der Waals surface area contributed by atoms with E-state index in [-0.39, 0.29) is 5.75 Å². The normalized spacial score (nSPS) is 32.3. The van der Waals surface area contributed by atoms with Gasteiger partial charge in [-0.2, -0.15) is 0 Å². The van der Waals surface area contributed by atoms with Gasteiger partial charge in [0.2, 0.25) is 0 Å². The van der Waals surface area contributed by atoms with Gasteiger partial charge in [0.05, 0.1) is 11.4 Å². The molecule has 1 heterocycles. The van der Waals surface area contributed by atoms with Crippen molar-refractivity contribution in [2.75, 3.05) is 0 Å². The van der Waals surface area contributed by atoms with Crippen molar-refractivity contribution in [2.24, 2.45) is 22.6 Å². The molecule has 108 valence electrons. The fraction of sp³-hybridized carbons (Fsp3) is 0.500. The Balaban J connectivity index is 1.82. The van der Waals surface area contributed by atoms with E-state index >= 15 is 0 Å². The molecule has 3 rings (SSSR count). The minimum atomic E-state index is -4.67. The third-order valence-corrected chi connectivity index (χ3v) is 4.05. The lowest BCUT2D eigenvalue weighted by Crippen LogP contribution is -2.31. The van der Waals surface area contributed by atoms with Gasteiger partial charge in [-0.3, -0.25) is 4.99 Å². The Labute approximate surface area is 114 Å². The van der Waals surface area contributed by atoms with Gasteiger partial charge in [-0.25, -0.2) is 0 Å². The standard InChI is InChI=1S/C14H15F3N2O/c1-13(7-8-6-11(8)12(18)19-13)9-2-4-10(5-3-9)20-14(15,16)17/h2-5,8,11H,6-7H2,1H3,(H2,18,19)/t8?,11?,13-/m1/s1. The quantitative estimate of drug-likeness (QED) is 0.906. The van der Waals surface area contributed by atoms with Gasteiger partial charge in [0.25, 0.3) is 0 Å². The number of amidine groups is 1. The fourth-order valence-corrected chi connectivity index (χ4v) is 2.96. The van der Waals surface area contributed by atoms with E-state index in [1.807, 2.05) is 6.92 Å². The third kappa shape index (κ3) is 2.46. The molecule has 1 aliphatic heterocycles. The topological polar surface area (TPSA) is 47.6 Å². The number of ether oxygens (including phenoxy) is 1. The lowest BCUT2D eigenvalue weighted by Gasteiger charge is -2.30. The smallest absolute Gasteiger partial charge is 0.406 e. The molecule has 3 atom stereocenters. The minimum Gasteiger partial charge on any atom is -0.406 e. The molecule has 2 aliphatic rings. The summed E-state index contributed by atoms with van der Waals surface area (Å²) in [6.07, 6.45) is -2.71. The Hall–Kier alpha value is -1.72. The van der Waals surface area contributed by atoms with E-state index in [0.29, 0.717) is 17.7 Å². The minimum absolute atomic E-state index is 0.220. The van der Waals surface area contributed by atoms with Crippen LogP contribution in [-0.4, -0.2) is 12.2 Å². The zero-order valence-corrected chi connectivity index (χ0v) is 10.9. The summed E-state index contributed by atoms with van der Waals surface area (Å²) in [5.74, 6) is 1.42. The molecule has 1 saturated carbocycles. The van der Waals surface area contributed by atoms with Gasteiger partial charge in [0.15, 0.2) is 0 Å². The van der Waals surface area contributed by atoms with Gasteiger partial charge >= 0.3 is 6.36 Å². The van der Waals surface area contributed by atoms with Crippen molar-refractivity contribution in [2.45, 2.75) is 31.7 Å². The molecule has 0 aromatic heterocycles. The van der Waals surface area contributed by atoms with Crippen molar-refractivity contribution in [3.63, 3.8) is 0 Å². The molecule has 6 heteroatoms. The number of benzene rings is 1. The lowest BCUT2D eigenvalue weighted by atomic mass is 9.85. The third-order valence-electron chi connectivity index (χ3n) is 4.05. The monoisotopic (exact) mass is 284 g/mol. The van der Waals surface area contributed by atoms with Crippen molar-refractivity contribution >= 4 is 5.84 Å². The van der Waals surface area contributed by atoms with Crippen molar-refractivity contribution in [3.05, 3.63) is 29.8 Å². The maximum atomic E-state index is 12.1. The van der Waals surface area contributed by atoms with Crippen LogP contribution in [-0.2, 0) is 5.54 Å². The number of alkyl halides is 3. The summed E-state index contributed by atoms with van der Waals surface area (Å²) in [5, 5.41) is 0. The van der Waals surface area contributed by atoms with Crippen LogP contribution in [0.25, 0.3) is 0 Å². The van der Waals surface area contributed by atoms with E-state index in [4.69, 9.17) is 5.73 Å². The van der Waals surface area contributed by atoms with Crippen LogP contribution in [0, 0.1) is 11.8 Å². The summed E-state index contributed by atoms with van der Waals surface area (Å²) >= 11 is 0. The van der Waals surface area contributed by atoms with E-state index in [0.717, 1.165) is 18.4 Å². The van der Waals surface area contributed by atoms with Gasteiger partial charge in [0, 0.05) is 5.92 Å². The van der Waals surface area contributed by atoms with Gasteiger partial charge in [0.1, 0.15) is 5.75 Å². The highest BCUT2D eigenvalue weighted by Crippen LogP contribution is 2.51. The Kier molecular flexibility index (Phi) is 2.74. The summed E-state index contributed by atoms with van der Waals surface area (Å²) < 4.78 is 40.2. The molecule has 1 aliphatic carbocycles. The van der Waals surface area contributed by atoms with Crippen molar-refractivity contribution in [3.8, 4) is 5.75 Å². The maximum absolute atomic E-state index is 12.1. The predicted octanol–water partition coefficient (Wildman–Crippen LogP) is 3.20. The first-order valence-electron chi connectivity index (χ1n) is 6.48. The van der Waals surface area contributed by atoms with Crippen LogP contribution in [0.3, 0.4) is 0 Å². The van der Waals surface area contributed by atoms with E-state index in [2.05, 4.69) is 9.73 Å². The van der Waals surface area contributed by atoms with E-state index < -0.39 is 11.9 Å². The summed E-state index contributed by atoms with van der Waals surface area (Å²) in [6, 6.07) is 5.89. The first kappa shape index (κ1) is 13.3. The number of nitrogens with two attached hydrogens (primary N) is 1. The Morgan fingerprint density at radius 1 is 1.30 bits per heavy atom. The molecule has 0 radical (unpaired) electrons. The van der Waals surface area contributed by atoms with Crippen LogP contribution < -0.4 is 10.5 Å². The van der Waals surface area contributed by atoms with Gasteiger partial charge in [-0.05, 0) is 43.4 Å². The van der Waals surface area contributed by atoms with Crippen LogP contribution in [0.5, 0.6) is 5.75 Å². The Morgan fingerprint density at radius 2 is 1.95 bits per heavy atom. The first-order valence-corrected chi connectivity index (χ1v) is 6.48. The zero-order valence-electron chi connectivity index (χ0n) is 10.9. The second-order valence-corrected chi connectivity index (χ2v) is 5.69. The average Bonchev–Trinajstić information content (AvgIpc) is 3.07. The summed E-state index contributed by atoms with van der Waals surface area (Å²) in [6.45, 7) is 1.97. The average molecular weight is 284 g/mol. The van der Waals surface area contributed by atoms with Crippen LogP contribution in [0.1, 0.15) is 25.3 Å². The molecule has 2 unspecified atom stereocenters. The zero-order chi connectivity index (χ0) is 14.5. The molecular weight excluding hydrogens is 269 g/mol. The number of hydrogen-bond acceptors (Lipinski definition) is 3. The highest BCUT2D eigenvalue weighted by atomic mass is 19.4. The molecular formula is C14H15F3N2O. The molecule has 20 heavy (non-hydrogen) atoms. The molecule has 1 aromatic carbocycles. The second-order valence-electron chi connectivity index (χ2n) is 5.69. The fourth-order valence-electron chi connectivity index (χ4n) is 2.96. The number of rotatable bonds is 2. The van der Waals surface area contributed by atoms with Gasteiger partial charge in [-0.15, -0.1) is 13.2 Å². The second kappa shape index (κ2) is 4.14. The highest BCUT2D eigenvalue weighted by Gasteiger charge is 2.49. The molecule has 2 N–H and O–H groups in total. The number of fused-ring (bicyclic) bond motifs is 1. The molecule has 0 amide bonds. The van der Waals surface area contributed by atoms with Crippen molar-refractivity contribution < 1.29 is 17.9 Å². The predicted molar refractivity (Wildman–Crippen MR) is 68.3 cm³/mol. The van der Waals surface area contributed by atoms with Crippen molar-refractivity contribution in [1.82, 2.24) is 0 Å². The lowest BCUT2D eigenvalue weighted by molar-refractivity contribution is -0.274. The van der Waals surface area contributed by atoms with Gasteiger partial charge in [-0.1, -0.05) is 12.1 Å². The summed E-state index contributed by atoms with van der Waals surface area (Å²) in [5.41, 5.74) is 6.34. The number of aliphatic imine (C=N–C) groups is 1. The Bertz CT molecular complexity index is 553. The van der Waals surface area contributed by atoms with Crippen LogP contribution in [0.2, 0.25) is 0 Å². The van der Waals surface area contributed by atoms with Gasteiger partial charge < -0.3 is 10.5 Å². The summed E-state index contributed by atoms with van der Waals surface area (Å²) in [7, 11) is 0. The van der Waals surface area contributed by atoms with Crippen molar-refractivity contribution in [1.29, 1.82) is 0 Å². The molecule has 3 nitrogen and oxygen atoms in total. The molecule has 0 bridgehead atoms. The maximum Gasteiger partial charge on any atom is 0.573 e. The highest BCUT2D eigenvalue weighted by molar-refractivity contribution is 5.87. The van der Waals surface area contributed by atoms with Crippen LogP contribution in [0.15, 0.2) is 29.3 Å². The number of halogens is 3. The van der Waals surface area contributed by atoms with E-state index in [1.165, 1.54) is 12.1 Å². The van der Waals surface area contributed by atoms with E-state index in [9.17, 15) is 13.2 Å². The molecule has 1 fully saturated rings. The Morgan fingerprint density at radius 3 is 2.50 bits per heavy atom. The number of hydrogen-bond donors (Lipinski definition) is 1. The molecule has 0 spiro atoms. The van der Waals surface area contributed by atoms with Crippen LogP contribution >= 0.6 is 0 Å². The largest absolute Gasteiger partial charge is 0.573 e. The summed E-state index contributed by atoms with van der Waals surface area (Å²) in [4.78, 5) is 4.54.